The van der Waals surface area contributed by atoms with Crippen molar-refractivity contribution in [3.05, 3.63) is 35.4 Å². The molecule has 0 bridgehead atoms. The van der Waals surface area contributed by atoms with Crippen LogP contribution in [0.3, 0.4) is 0 Å². The summed E-state index contributed by atoms with van der Waals surface area (Å²) in [6.45, 7) is 4.73. The van der Waals surface area contributed by atoms with Gasteiger partial charge < -0.3 is 10.2 Å². The quantitative estimate of drug-likeness (QED) is 0.886. The molecule has 0 radical (unpaired) electrons. The van der Waals surface area contributed by atoms with E-state index in [1.165, 1.54) is 12.1 Å². The number of halogens is 3. The minimum absolute atomic E-state index is 0.114. The van der Waals surface area contributed by atoms with Gasteiger partial charge in [0.1, 0.15) is 0 Å². The van der Waals surface area contributed by atoms with Crippen molar-refractivity contribution in [3.63, 3.8) is 0 Å². The first-order valence-electron chi connectivity index (χ1n) is 6.28. The maximum absolute atomic E-state index is 12.6. The van der Waals surface area contributed by atoms with Gasteiger partial charge in [0.25, 0.3) is 0 Å². The zero-order valence-electron chi connectivity index (χ0n) is 11.8. The molecule has 0 saturated heterocycles. The number of alkyl halides is 3. The van der Waals surface area contributed by atoms with Crippen LogP contribution in [-0.2, 0) is 6.18 Å². The highest BCUT2D eigenvalue weighted by Crippen LogP contribution is 2.30. The number of nitrogens with one attached hydrogen (secondary N) is 1. The lowest BCUT2D eigenvalue weighted by atomic mass is 10.0. The molecule has 0 aliphatic rings. The van der Waals surface area contributed by atoms with E-state index in [1.54, 1.807) is 6.07 Å². The van der Waals surface area contributed by atoms with Crippen LogP contribution in [0.25, 0.3) is 0 Å². The fourth-order valence-corrected chi connectivity index (χ4v) is 2.11. The number of likely N-dealkylation sites (N-methyl/N-ethyl adjacent to an activating group) is 1. The van der Waals surface area contributed by atoms with E-state index < -0.39 is 11.7 Å². The number of benzene rings is 1. The molecule has 108 valence electrons. The molecule has 2 unspecified atom stereocenters. The maximum atomic E-state index is 12.6. The molecule has 0 spiro atoms. The molecule has 0 heterocycles. The van der Waals surface area contributed by atoms with Crippen LogP contribution in [0, 0.1) is 0 Å². The van der Waals surface area contributed by atoms with Crippen LogP contribution in [0.5, 0.6) is 0 Å². The molecule has 2 nitrogen and oxygen atoms in total. The third kappa shape index (κ3) is 5.20. The molecule has 1 aromatic carbocycles. The van der Waals surface area contributed by atoms with Crippen LogP contribution in [0.1, 0.15) is 31.0 Å². The summed E-state index contributed by atoms with van der Waals surface area (Å²) >= 11 is 0. The van der Waals surface area contributed by atoms with Gasteiger partial charge in [0.05, 0.1) is 5.56 Å². The Bertz CT molecular complexity index is 402. The second-order valence-electron chi connectivity index (χ2n) is 5.17. The third-order valence-electron chi connectivity index (χ3n) is 2.89. The molecular weight excluding hydrogens is 253 g/mol. The fourth-order valence-electron chi connectivity index (χ4n) is 2.11. The molecule has 19 heavy (non-hydrogen) atoms. The van der Waals surface area contributed by atoms with Crippen LogP contribution in [0.15, 0.2) is 24.3 Å². The summed E-state index contributed by atoms with van der Waals surface area (Å²) < 4.78 is 37.9. The Morgan fingerprint density at radius 2 is 1.84 bits per heavy atom. The Labute approximate surface area is 112 Å². The summed E-state index contributed by atoms with van der Waals surface area (Å²) in [7, 11) is 3.93. The van der Waals surface area contributed by atoms with E-state index in [0.29, 0.717) is 5.56 Å². The van der Waals surface area contributed by atoms with Crippen LogP contribution in [0.2, 0.25) is 0 Å². The smallest absolute Gasteiger partial charge is 0.308 e. The molecular formula is C14H21F3N2. The summed E-state index contributed by atoms with van der Waals surface area (Å²) in [5.74, 6) is 0. The number of hydrogen-bond donors (Lipinski definition) is 1. The normalized spacial score (nSPS) is 15.6. The second-order valence-corrected chi connectivity index (χ2v) is 5.17. The molecule has 1 rings (SSSR count). The van der Waals surface area contributed by atoms with Gasteiger partial charge in [0, 0.05) is 18.6 Å². The lowest BCUT2D eigenvalue weighted by Gasteiger charge is -2.23. The maximum Gasteiger partial charge on any atom is 0.416 e. The van der Waals surface area contributed by atoms with E-state index >= 15 is 0 Å². The van der Waals surface area contributed by atoms with Crippen molar-refractivity contribution >= 4 is 0 Å². The molecule has 0 amide bonds. The van der Waals surface area contributed by atoms with Gasteiger partial charge in [-0.3, -0.25) is 0 Å². The highest BCUT2D eigenvalue weighted by Gasteiger charge is 2.30. The average molecular weight is 274 g/mol. The topological polar surface area (TPSA) is 15.3 Å². The van der Waals surface area contributed by atoms with Crippen molar-refractivity contribution in [2.75, 3.05) is 20.6 Å². The third-order valence-corrected chi connectivity index (χ3v) is 2.89. The molecule has 2 atom stereocenters. The van der Waals surface area contributed by atoms with E-state index in [0.717, 1.165) is 12.6 Å². The van der Waals surface area contributed by atoms with E-state index in [2.05, 4.69) is 5.32 Å². The summed E-state index contributed by atoms with van der Waals surface area (Å²) in [6.07, 6.45) is -4.29. The predicted octanol–water partition coefficient (Wildman–Crippen LogP) is 3.31. The van der Waals surface area contributed by atoms with Gasteiger partial charge in [-0.2, -0.15) is 13.2 Å². The lowest BCUT2D eigenvalue weighted by molar-refractivity contribution is -0.137. The lowest BCUT2D eigenvalue weighted by Crippen LogP contribution is -2.37. The Morgan fingerprint density at radius 1 is 1.21 bits per heavy atom. The zero-order chi connectivity index (χ0) is 14.6. The summed E-state index contributed by atoms with van der Waals surface area (Å²) in [6, 6.07) is 5.57. The Kier molecular flexibility index (Phi) is 5.38. The first-order chi connectivity index (χ1) is 8.70. The summed E-state index contributed by atoms with van der Waals surface area (Å²) in [4.78, 5) is 2.04. The largest absolute Gasteiger partial charge is 0.416 e. The van der Waals surface area contributed by atoms with Gasteiger partial charge in [-0.25, -0.2) is 0 Å². The molecule has 0 aliphatic heterocycles. The minimum Gasteiger partial charge on any atom is -0.308 e. The minimum atomic E-state index is -4.29. The molecule has 1 aromatic rings. The van der Waals surface area contributed by atoms with Gasteiger partial charge in [0.2, 0.25) is 0 Å². The van der Waals surface area contributed by atoms with E-state index in [1.807, 2.05) is 32.8 Å². The molecule has 1 N–H and O–H groups in total. The van der Waals surface area contributed by atoms with E-state index in [9.17, 15) is 13.2 Å². The fraction of sp³-hybridized carbons (Fsp3) is 0.571. The summed E-state index contributed by atoms with van der Waals surface area (Å²) in [5.41, 5.74) is 0.0549. The van der Waals surface area contributed by atoms with Crippen LogP contribution >= 0.6 is 0 Å². The highest BCUT2D eigenvalue weighted by atomic mass is 19.4. The predicted molar refractivity (Wildman–Crippen MR) is 71.0 cm³/mol. The van der Waals surface area contributed by atoms with Crippen molar-refractivity contribution in [1.29, 1.82) is 0 Å². The Balaban J connectivity index is 2.74. The molecule has 5 heteroatoms. The number of nitrogens with zero attached hydrogens (tertiary/aromatic N) is 1. The van der Waals surface area contributed by atoms with Gasteiger partial charge >= 0.3 is 6.18 Å². The van der Waals surface area contributed by atoms with Crippen molar-refractivity contribution in [1.82, 2.24) is 10.2 Å². The van der Waals surface area contributed by atoms with Gasteiger partial charge in [-0.05, 0) is 45.6 Å². The molecule has 0 aliphatic carbocycles. The highest BCUT2D eigenvalue weighted by molar-refractivity contribution is 5.27. The first-order valence-corrected chi connectivity index (χ1v) is 6.28. The van der Waals surface area contributed by atoms with Gasteiger partial charge in [0.15, 0.2) is 0 Å². The van der Waals surface area contributed by atoms with E-state index in [4.69, 9.17) is 0 Å². The zero-order valence-corrected chi connectivity index (χ0v) is 11.8. The van der Waals surface area contributed by atoms with Crippen LogP contribution in [-0.4, -0.2) is 31.6 Å². The Hall–Kier alpha value is -1.07. The van der Waals surface area contributed by atoms with Crippen molar-refractivity contribution in [2.24, 2.45) is 0 Å². The molecule has 0 saturated carbocycles. The standard InChI is InChI=1S/C14H21F3N2/c1-10(9-19(3)4)18-11(2)12-6-5-7-13(8-12)14(15,16)17/h5-8,10-11,18H,9H2,1-4H3. The van der Waals surface area contributed by atoms with Crippen molar-refractivity contribution < 1.29 is 13.2 Å². The van der Waals surface area contributed by atoms with E-state index in [-0.39, 0.29) is 12.1 Å². The number of hydrogen-bond acceptors (Lipinski definition) is 2. The number of rotatable bonds is 5. The SMILES string of the molecule is CC(CN(C)C)NC(C)c1cccc(C(F)(F)F)c1. The monoisotopic (exact) mass is 274 g/mol. The average Bonchev–Trinajstić information content (AvgIpc) is 2.26. The summed E-state index contributed by atoms with van der Waals surface area (Å²) in [5, 5.41) is 3.30. The Morgan fingerprint density at radius 3 is 2.37 bits per heavy atom. The first kappa shape index (κ1) is 16.0. The molecule has 0 aromatic heterocycles. The van der Waals surface area contributed by atoms with Crippen molar-refractivity contribution in [3.8, 4) is 0 Å². The second kappa shape index (κ2) is 6.39. The van der Waals surface area contributed by atoms with Gasteiger partial charge in [-0.1, -0.05) is 12.1 Å². The van der Waals surface area contributed by atoms with Gasteiger partial charge in [-0.15, -0.1) is 0 Å². The molecule has 0 fully saturated rings. The van der Waals surface area contributed by atoms with Crippen LogP contribution in [0.4, 0.5) is 13.2 Å². The van der Waals surface area contributed by atoms with Crippen LogP contribution < -0.4 is 5.32 Å². The van der Waals surface area contributed by atoms with Crippen molar-refractivity contribution in [2.45, 2.75) is 32.1 Å².